The summed E-state index contributed by atoms with van der Waals surface area (Å²) in [4.78, 5) is 13.8. The zero-order chi connectivity index (χ0) is 25.0. The van der Waals surface area contributed by atoms with Gasteiger partial charge in [-0.1, -0.05) is 0 Å². The summed E-state index contributed by atoms with van der Waals surface area (Å²) in [5, 5.41) is 0. The molecule has 186 valence electrons. The average molecular weight is 514 g/mol. The third-order valence-corrected chi connectivity index (χ3v) is 6.09. The monoisotopic (exact) mass is 513 g/mol. The van der Waals surface area contributed by atoms with Crippen molar-refractivity contribution in [3.05, 3.63) is 90.1 Å². The number of anilines is 1. The van der Waals surface area contributed by atoms with Gasteiger partial charge in [0.25, 0.3) is 0 Å². The molecule has 4 nitrogen and oxygen atoms in total. The molecule has 0 saturated carbocycles. The first-order valence-corrected chi connectivity index (χ1v) is 12.5. The van der Waals surface area contributed by atoms with E-state index in [9.17, 15) is 4.79 Å². The second-order valence-electron chi connectivity index (χ2n) is 8.10. The van der Waals surface area contributed by atoms with Crippen molar-refractivity contribution >= 4 is 22.3 Å². The van der Waals surface area contributed by atoms with E-state index in [2.05, 4.69) is 60.5 Å². The standard InChI is InChI=1S/C30H33NO3.Ni/c1-4-6-7-8-22-31(28-17-19-29(20-18-28)34-5-2)23-21-24-9-11-25(12-10-24)26-13-15-27(16-14-26)30(32)33-3;/h9-21,23H,4-8H2,1-3H3;. The summed E-state index contributed by atoms with van der Waals surface area (Å²) >= 11 is 5.44. The Morgan fingerprint density at radius 2 is 1.51 bits per heavy atom. The molecule has 5 heteroatoms. The van der Waals surface area contributed by atoms with Gasteiger partial charge in [0, 0.05) is 0 Å². The Kier molecular flexibility index (Phi) is 10.3. The van der Waals surface area contributed by atoms with E-state index in [4.69, 9.17) is 24.5 Å². The number of unbranched alkanes of at least 4 members (excludes halogenated alkanes) is 2. The van der Waals surface area contributed by atoms with Gasteiger partial charge in [-0.25, -0.2) is 4.79 Å². The van der Waals surface area contributed by atoms with Crippen LogP contribution in [0.1, 0.15) is 55.5 Å². The Morgan fingerprint density at radius 3 is 2.09 bits per heavy atom. The van der Waals surface area contributed by atoms with E-state index in [1.165, 1.54) is 20.0 Å². The zero-order valence-electron chi connectivity index (χ0n) is 20.6. The second kappa shape index (κ2) is 13.7. The van der Waals surface area contributed by atoms with Gasteiger partial charge in [-0.2, -0.15) is 0 Å². The van der Waals surface area contributed by atoms with Crippen LogP contribution in [-0.2, 0) is 19.8 Å². The molecule has 0 heterocycles. The van der Waals surface area contributed by atoms with Crippen LogP contribution in [0.15, 0.2) is 79.0 Å². The molecule has 0 atom stereocenters. The van der Waals surface area contributed by atoms with Gasteiger partial charge in [0.05, 0.1) is 7.11 Å². The maximum atomic E-state index is 11.7. The van der Waals surface area contributed by atoms with E-state index in [-0.39, 0.29) is 5.97 Å². The SMILES string of the molecule is CCCCC[C](=[Ni])N(C=Cc1ccc(-c2ccc(C(=O)OC)cc2)cc1)c1ccc(OCC)cc1. The fourth-order valence-corrected chi connectivity index (χ4v) is 4.03. The molecular weight excluding hydrogens is 481 g/mol. The third-order valence-electron chi connectivity index (χ3n) is 5.61. The maximum absolute atomic E-state index is 11.7. The van der Waals surface area contributed by atoms with Crippen molar-refractivity contribution in [2.75, 3.05) is 18.6 Å². The molecule has 0 saturated heterocycles. The normalized spacial score (nSPS) is 10.9. The van der Waals surface area contributed by atoms with Crippen LogP contribution in [0, 0.1) is 0 Å². The average Bonchev–Trinajstić information content (AvgIpc) is 2.90. The summed E-state index contributed by atoms with van der Waals surface area (Å²) in [6.45, 7) is 4.83. The van der Waals surface area contributed by atoms with E-state index in [0.717, 1.165) is 45.6 Å². The van der Waals surface area contributed by atoms with Crippen LogP contribution in [0.3, 0.4) is 0 Å². The molecule has 0 N–H and O–H groups in total. The van der Waals surface area contributed by atoms with Crippen molar-refractivity contribution in [2.24, 2.45) is 0 Å². The number of methoxy groups -OCH3 is 1. The van der Waals surface area contributed by atoms with Crippen LogP contribution in [0.5, 0.6) is 5.75 Å². The Morgan fingerprint density at radius 1 is 0.886 bits per heavy atom. The van der Waals surface area contributed by atoms with Crippen molar-refractivity contribution in [3.63, 3.8) is 0 Å². The number of esters is 1. The van der Waals surface area contributed by atoms with Crippen LogP contribution in [0.2, 0.25) is 0 Å². The van der Waals surface area contributed by atoms with E-state index >= 15 is 0 Å². The third kappa shape index (κ3) is 7.66. The number of nitrogens with zero attached hydrogens (tertiary/aromatic N) is 1. The first-order chi connectivity index (χ1) is 17.0. The fourth-order valence-electron chi connectivity index (χ4n) is 3.66. The predicted octanol–water partition coefficient (Wildman–Crippen LogP) is 7.27. The molecule has 0 aliphatic heterocycles. The van der Waals surface area contributed by atoms with Gasteiger partial charge in [-0.15, -0.1) is 0 Å². The molecule has 0 aliphatic rings. The Hall–Kier alpha value is -3.17. The molecule has 3 rings (SSSR count). The van der Waals surface area contributed by atoms with Gasteiger partial charge in [0.2, 0.25) is 0 Å². The molecule has 0 bridgehead atoms. The van der Waals surface area contributed by atoms with Crippen molar-refractivity contribution < 1.29 is 29.3 Å². The summed E-state index contributed by atoms with van der Waals surface area (Å²) in [5.41, 5.74) is 4.78. The predicted molar refractivity (Wildman–Crippen MR) is 141 cm³/mol. The van der Waals surface area contributed by atoms with Crippen molar-refractivity contribution in [2.45, 2.75) is 39.5 Å². The Labute approximate surface area is 216 Å². The van der Waals surface area contributed by atoms with Crippen molar-refractivity contribution in [3.8, 4) is 16.9 Å². The summed E-state index contributed by atoms with van der Waals surface area (Å²) in [5.74, 6) is 0.526. The molecule has 3 aromatic carbocycles. The van der Waals surface area contributed by atoms with E-state index in [1.807, 2.05) is 31.2 Å². The number of carbonyl (C=O) groups excluding carboxylic acids is 1. The van der Waals surface area contributed by atoms with Gasteiger partial charge in [-0.3, -0.25) is 0 Å². The van der Waals surface area contributed by atoms with Gasteiger partial charge in [-0.05, 0) is 0 Å². The molecule has 0 aliphatic carbocycles. The molecule has 3 aromatic rings. The second-order valence-corrected chi connectivity index (χ2v) is 8.67. The van der Waals surface area contributed by atoms with Gasteiger partial charge < -0.3 is 4.74 Å². The molecular formula is C30H33NNiO3. The summed E-state index contributed by atoms with van der Waals surface area (Å²) < 4.78 is 11.3. The number of benzene rings is 3. The first kappa shape index (κ1) is 26.4. The van der Waals surface area contributed by atoms with Crippen LogP contribution in [0.25, 0.3) is 17.2 Å². The van der Waals surface area contributed by atoms with Gasteiger partial charge in [0.15, 0.2) is 0 Å². The van der Waals surface area contributed by atoms with Crippen molar-refractivity contribution in [1.82, 2.24) is 0 Å². The minimum absolute atomic E-state index is 0.331. The van der Waals surface area contributed by atoms with E-state index in [1.54, 1.807) is 12.1 Å². The number of hydrogen-bond donors (Lipinski definition) is 0. The number of ether oxygens (including phenoxy) is 2. The topological polar surface area (TPSA) is 38.8 Å². The molecule has 35 heavy (non-hydrogen) atoms. The van der Waals surface area contributed by atoms with Gasteiger partial charge >= 0.3 is 200 Å². The zero-order valence-corrected chi connectivity index (χ0v) is 21.6. The van der Waals surface area contributed by atoms with Crippen LogP contribution in [-0.4, -0.2) is 24.3 Å². The minimum atomic E-state index is -0.331. The fraction of sp³-hybridized carbons (Fsp3) is 0.267. The van der Waals surface area contributed by atoms with Crippen molar-refractivity contribution in [1.29, 1.82) is 0 Å². The molecule has 0 unspecified atom stereocenters. The quantitative estimate of drug-likeness (QED) is 0.145. The molecule has 0 spiro atoms. The first-order valence-electron chi connectivity index (χ1n) is 12.0. The van der Waals surface area contributed by atoms with Gasteiger partial charge in [0.1, 0.15) is 0 Å². The summed E-state index contributed by atoms with van der Waals surface area (Å²) in [6, 6.07) is 23.8. The molecule has 0 fully saturated rings. The molecule has 0 amide bonds. The molecule has 0 radical (unpaired) electrons. The van der Waals surface area contributed by atoms with E-state index in [0.29, 0.717) is 12.2 Å². The summed E-state index contributed by atoms with van der Waals surface area (Å²) in [7, 11) is 1.39. The van der Waals surface area contributed by atoms with Crippen LogP contribution < -0.4 is 9.64 Å². The van der Waals surface area contributed by atoms with E-state index < -0.39 is 0 Å². The number of carbonyl (C=O) groups is 1. The Bertz CT molecular complexity index is 1120. The van der Waals surface area contributed by atoms with Crippen LogP contribution >= 0.6 is 0 Å². The molecule has 0 aromatic heterocycles. The van der Waals surface area contributed by atoms with Crippen LogP contribution in [0.4, 0.5) is 5.69 Å². The summed E-state index contributed by atoms with van der Waals surface area (Å²) in [6.07, 6.45) is 8.47. The number of hydrogen-bond acceptors (Lipinski definition) is 4. The number of rotatable bonds is 12. The Balaban J connectivity index is 1.76.